The summed E-state index contributed by atoms with van der Waals surface area (Å²) in [6, 6.07) is 0. The van der Waals surface area contributed by atoms with Gasteiger partial charge in [0.05, 0.1) is 6.10 Å². The Balaban J connectivity index is 2.54. The normalized spacial score (nSPS) is 28.5. The monoisotopic (exact) mass is 152 g/mol. The topological polar surface area (TPSA) is 20.2 Å². The summed E-state index contributed by atoms with van der Waals surface area (Å²) in [5.74, 6) is 0.232. The van der Waals surface area contributed by atoms with Gasteiger partial charge in [0.2, 0.25) is 0 Å². The van der Waals surface area contributed by atoms with Gasteiger partial charge in [-0.3, -0.25) is 0 Å². The third-order valence-corrected chi connectivity index (χ3v) is 2.02. The van der Waals surface area contributed by atoms with E-state index in [4.69, 9.17) is 0 Å². The number of hydrogen-bond acceptors (Lipinski definition) is 1. The maximum Gasteiger partial charge on any atom is 0.0609 e. The van der Waals surface area contributed by atoms with Crippen LogP contribution in [0, 0.1) is 5.92 Å². The number of aliphatic hydroxyl groups excluding tert-OH is 1. The molecule has 1 unspecified atom stereocenters. The fourth-order valence-corrected chi connectivity index (χ4v) is 1.25. The molecule has 11 heavy (non-hydrogen) atoms. The summed E-state index contributed by atoms with van der Waals surface area (Å²) in [6.07, 6.45) is 11.8. The van der Waals surface area contributed by atoms with Gasteiger partial charge >= 0.3 is 0 Å². The van der Waals surface area contributed by atoms with Crippen molar-refractivity contribution in [3.63, 3.8) is 0 Å². The highest BCUT2D eigenvalue weighted by atomic mass is 16.3. The van der Waals surface area contributed by atoms with E-state index in [0.29, 0.717) is 0 Å². The second kappa shape index (κ2) is 4.35. The molecule has 0 aromatic rings. The third-order valence-electron chi connectivity index (χ3n) is 2.02. The van der Waals surface area contributed by atoms with E-state index in [-0.39, 0.29) is 12.0 Å². The molecule has 0 heterocycles. The lowest BCUT2D eigenvalue weighted by Crippen LogP contribution is -2.11. The number of allylic oxidation sites excluding steroid dienone is 2. The molecule has 0 saturated heterocycles. The molecule has 1 aliphatic carbocycles. The van der Waals surface area contributed by atoms with Gasteiger partial charge < -0.3 is 5.11 Å². The number of rotatable bonds is 1. The summed E-state index contributed by atoms with van der Waals surface area (Å²) in [5.41, 5.74) is 0. The first-order valence-corrected chi connectivity index (χ1v) is 4.32. The average molecular weight is 152 g/mol. The SMILES string of the molecule is CC(O)C1/C=C\CCC/C=C\1. The lowest BCUT2D eigenvalue weighted by atomic mass is 9.99. The number of hydrogen-bond donors (Lipinski definition) is 1. The van der Waals surface area contributed by atoms with Crippen molar-refractivity contribution in [1.29, 1.82) is 0 Å². The van der Waals surface area contributed by atoms with Crippen molar-refractivity contribution < 1.29 is 5.11 Å². The first-order valence-electron chi connectivity index (χ1n) is 4.32. The Kier molecular flexibility index (Phi) is 3.37. The average Bonchev–Trinajstić information content (AvgIpc) is 1.84. The zero-order valence-corrected chi connectivity index (χ0v) is 7.03. The van der Waals surface area contributed by atoms with Crippen LogP contribution in [0.25, 0.3) is 0 Å². The molecule has 0 fully saturated rings. The van der Waals surface area contributed by atoms with Crippen LogP contribution in [0.15, 0.2) is 24.3 Å². The third kappa shape index (κ3) is 2.89. The van der Waals surface area contributed by atoms with E-state index in [1.165, 1.54) is 6.42 Å². The van der Waals surface area contributed by atoms with E-state index in [0.717, 1.165) is 12.8 Å². The highest BCUT2D eigenvalue weighted by Gasteiger charge is 2.07. The van der Waals surface area contributed by atoms with Gasteiger partial charge in [0.25, 0.3) is 0 Å². The Morgan fingerprint density at radius 3 is 2.27 bits per heavy atom. The van der Waals surface area contributed by atoms with E-state index >= 15 is 0 Å². The molecule has 0 aliphatic heterocycles. The van der Waals surface area contributed by atoms with Gasteiger partial charge in [-0.1, -0.05) is 24.3 Å². The van der Waals surface area contributed by atoms with Crippen LogP contribution in [0.4, 0.5) is 0 Å². The molecule has 1 N–H and O–H groups in total. The summed E-state index contributed by atoms with van der Waals surface area (Å²) < 4.78 is 0. The van der Waals surface area contributed by atoms with Gasteiger partial charge in [0, 0.05) is 5.92 Å². The Morgan fingerprint density at radius 2 is 1.82 bits per heavy atom. The predicted octanol–water partition coefficient (Wildman–Crippen LogP) is 2.28. The highest BCUT2D eigenvalue weighted by molar-refractivity contribution is 5.04. The molecule has 0 aromatic heterocycles. The molecule has 62 valence electrons. The summed E-state index contributed by atoms with van der Waals surface area (Å²) in [5, 5.41) is 9.29. The molecule has 1 rings (SSSR count). The molecule has 0 aromatic carbocycles. The van der Waals surface area contributed by atoms with E-state index in [1.807, 2.05) is 6.92 Å². The molecule has 0 spiro atoms. The zero-order valence-electron chi connectivity index (χ0n) is 7.03. The minimum atomic E-state index is -0.249. The van der Waals surface area contributed by atoms with Crippen LogP contribution < -0.4 is 0 Å². The molecule has 0 saturated carbocycles. The van der Waals surface area contributed by atoms with Gasteiger partial charge in [0.15, 0.2) is 0 Å². The van der Waals surface area contributed by atoms with E-state index in [9.17, 15) is 5.11 Å². The molecule has 1 heteroatoms. The zero-order chi connectivity index (χ0) is 8.10. The van der Waals surface area contributed by atoms with E-state index in [1.54, 1.807) is 0 Å². The predicted molar refractivity (Wildman–Crippen MR) is 47.3 cm³/mol. The Morgan fingerprint density at radius 1 is 1.27 bits per heavy atom. The highest BCUT2D eigenvalue weighted by Crippen LogP contribution is 2.13. The smallest absolute Gasteiger partial charge is 0.0609 e. The fourth-order valence-electron chi connectivity index (χ4n) is 1.25. The molecule has 0 radical (unpaired) electrons. The van der Waals surface area contributed by atoms with Crippen molar-refractivity contribution in [3.05, 3.63) is 24.3 Å². The molecule has 1 aliphatic rings. The molecule has 1 nitrogen and oxygen atoms in total. The van der Waals surface area contributed by atoms with Gasteiger partial charge in [-0.2, -0.15) is 0 Å². The molecular formula is C10H16O. The molecule has 0 amide bonds. The lowest BCUT2D eigenvalue weighted by Gasteiger charge is -2.12. The lowest BCUT2D eigenvalue weighted by molar-refractivity contribution is 0.168. The van der Waals surface area contributed by atoms with Crippen molar-refractivity contribution in [2.24, 2.45) is 5.92 Å². The molecular weight excluding hydrogens is 136 g/mol. The largest absolute Gasteiger partial charge is 0.392 e. The van der Waals surface area contributed by atoms with Crippen LogP contribution in [-0.2, 0) is 0 Å². The van der Waals surface area contributed by atoms with Crippen LogP contribution in [0.2, 0.25) is 0 Å². The van der Waals surface area contributed by atoms with Crippen molar-refractivity contribution >= 4 is 0 Å². The van der Waals surface area contributed by atoms with Crippen molar-refractivity contribution in [1.82, 2.24) is 0 Å². The summed E-state index contributed by atoms with van der Waals surface area (Å²) in [6.45, 7) is 1.83. The van der Waals surface area contributed by atoms with Gasteiger partial charge in [-0.05, 0) is 26.2 Å². The quantitative estimate of drug-likeness (QED) is 0.571. The first-order chi connectivity index (χ1) is 5.30. The first kappa shape index (κ1) is 8.54. The van der Waals surface area contributed by atoms with Crippen LogP contribution >= 0.6 is 0 Å². The van der Waals surface area contributed by atoms with Gasteiger partial charge in [-0.25, -0.2) is 0 Å². The van der Waals surface area contributed by atoms with E-state index < -0.39 is 0 Å². The number of aliphatic hydroxyl groups is 1. The van der Waals surface area contributed by atoms with Crippen LogP contribution in [0.1, 0.15) is 26.2 Å². The van der Waals surface area contributed by atoms with Crippen molar-refractivity contribution in [2.75, 3.05) is 0 Å². The van der Waals surface area contributed by atoms with Crippen LogP contribution in [0.5, 0.6) is 0 Å². The van der Waals surface area contributed by atoms with Gasteiger partial charge in [0.1, 0.15) is 0 Å². The Bertz CT molecular complexity index is 142. The second-order valence-electron chi connectivity index (χ2n) is 3.11. The van der Waals surface area contributed by atoms with E-state index in [2.05, 4.69) is 24.3 Å². The molecule has 1 atom stereocenters. The van der Waals surface area contributed by atoms with Crippen molar-refractivity contribution in [3.8, 4) is 0 Å². The van der Waals surface area contributed by atoms with Gasteiger partial charge in [-0.15, -0.1) is 0 Å². The molecule has 0 bridgehead atoms. The maximum absolute atomic E-state index is 9.29. The van der Waals surface area contributed by atoms with Crippen LogP contribution in [-0.4, -0.2) is 11.2 Å². The minimum Gasteiger partial charge on any atom is -0.392 e. The van der Waals surface area contributed by atoms with Crippen molar-refractivity contribution in [2.45, 2.75) is 32.3 Å². The fraction of sp³-hybridized carbons (Fsp3) is 0.600. The van der Waals surface area contributed by atoms with Crippen LogP contribution in [0.3, 0.4) is 0 Å². The Hall–Kier alpha value is -0.560. The Labute approximate surface area is 68.4 Å². The summed E-state index contributed by atoms with van der Waals surface area (Å²) in [4.78, 5) is 0. The summed E-state index contributed by atoms with van der Waals surface area (Å²) in [7, 11) is 0. The second-order valence-corrected chi connectivity index (χ2v) is 3.11. The summed E-state index contributed by atoms with van der Waals surface area (Å²) >= 11 is 0. The standard InChI is InChI=1S/C10H16O/c1-9(11)10-7-5-3-2-4-6-8-10/h5-11H,2-4H2,1H3/b7-5-,8-6-. The minimum absolute atomic E-state index is 0.232. The maximum atomic E-state index is 9.29.